The molecular formula is C22H17N3OS. The predicted octanol–water partition coefficient (Wildman–Crippen LogP) is 5.43. The normalized spacial score (nSPS) is 10.6. The van der Waals surface area contributed by atoms with Crippen molar-refractivity contribution in [2.45, 2.75) is 6.92 Å². The van der Waals surface area contributed by atoms with E-state index < -0.39 is 0 Å². The predicted molar refractivity (Wildman–Crippen MR) is 110 cm³/mol. The molecule has 0 aliphatic heterocycles. The summed E-state index contributed by atoms with van der Waals surface area (Å²) in [5, 5.41) is 13.3. The number of hydrogen-bond acceptors (Lipinski definition) is 4. The number of carbonyl (C=O) groups excluding carboxylic acids is 1. The zero-order chi connectivity index (χ0) is 18.6. The molecule has 0 saturated heterocycles. The van der Waals surface area contributed by atoms with E-state index in [1.54, 1.807) is 12.1 Å². The third-order valence-electron chi connectivity index (χ3n) is 4.17. The summed E-state index contributed by atoms with van der Waals surface area (Å²) in [7, 11) is 0. The maximum absolute atomic E-state index is 12.5. The third kappa shape index (κ3) is 3.78. The van der Waals surface area contributed by atoms with Crippen molar-refractivity contribution >= 4 is 22.9 Å². The van der Waals surface area contributed by atoms with Crippen molar-refractivity contribution in [3.63, 3.8) is 0 Å². The van der Waals surface area contributed by atoms with Crippen LogP contribution in [0.1, 0.15) is 15.9 Å². The molecule has 4 nitrogen and oxygen atoms in total. The molecule has 0 aliphatic rings. The van der Waals surface area contributed by atoms with Crippen molar-refractivity contribution in [1.82, 2.24) is 10.2 Å². The van der Waals surface area contributed by atoms with Crippen molar-refractivity contribution < 1.29 is 4.79 Å². The number of nitrogens with one attached hydrogen (secondary N) is 1. The van der Waals surface area contributed by atoms with Gasteiger partial charge >= 0.3 is 0 Å². The smallest absolute Gasteiger partial charge is 0.255 e. The first-order chi connectivity index (χ1) is 13.2. The van der Waals surface area contributed by atoms with E-state index >= 15 is 0 Å². The number of rotatable bonds is 4. The molecule has 3 aromatic carbocycles. The summed E-state index contributed by atoms with van der Waals surface area (Å²) in [6.07, 6.45) is 0. The van der Waals surface area contributed by atoms with Gasteiger partial charge in [-0.2, -0.15) is 0 Å². The molecule has 1 N–H and O–H groups in total. The van der Waals surface area contributed by atoms with Crippen molar-refractivity contribution in [3.05, 3.63) is 90.0 Å². The van der Waals surface area contributed by atoms with Gasteiger partial charge in [0.25, 0.3) is 5.91 Å². The summed E-state index contributed by atoms with van der Waals surface area (Å²) in [4.78, 5) is 12.5. The van der Waals surface area contributed by atoms with Gasteiger partial charge in [0.2, 0.25) is 0 Å². The first-order valence-corrected chi connectivity index (χ1v) is 9.39. The molecule has 1 heterocycles. The van der Waals surface area contributed by atoms with Gasteiger partial charge in [0.05, 0.1) is 5.69 Å². The third-order valence-corrected chi connectivity index (χ3v) is 5.17. The topological polar surface area (TPSA) is 54.9 Å². The Hall–Kier alpha value is -3.31. The highest BCUT2D eigenvalue weighted by Crippen LogP contribution is 2.34. The number of aromatic nitrogens is 2. The van der Waals surface area contributed by atoms with Gasteiger partial charge < -0.3 is 5.32 Å². The largest absolute Gasteiger partial charge is 0.321 e. The van der Waals surface area contributed by atoms with Gasteiger partial charge in [-0.25, -0.2) is 0 Å². The highest BCUT2D eigenvalue weighted by atomic mass is 32.1. The van der Waals surface area contributed by atoms with Crippen LogP contribution < -0.4 is 5.32 Å². The van der Waals surface area contributed by atoms with Gasteiger partial charge in [-0.1, -0.05) is 71.5 Å². The molecule has 0 bridgehead atoms. The fourth-order valence-corrected chi connectivity index (χ4v) is 3.60. The van der Waals surface area contributed by atoms with Crippen LogP contribution in [0.3, 0.4) is 0 Å². The first kappa shape index (κ1) is 17.1. The highest BCUT2D eigenvalue weighted by Gasteiger charge is 2.14. The minimum absolute atomic E-state index is 0.147. The van der Waals surface area contributed by atoms with Gasteiger partial charge in [-0.05, 0) is 31.2 Å². The van der Waals surface area contributed by atoms with E-state index in [1.807, 2.05) is 54.6 Å². The Bertz CT molecular complexity index is 1070. The zero-order valence-electron chi connectivity index (χ0n) is 14.7. The number of amides is 1. The standard InChI is InChI=1S/C22H17N3OS/c1-15-11-13-17(14-12-15)21-24-25-22(27-21)18-9-5-6-10-19(18)23-20(26)16-7-3-2-4-8-16/h2-14H,1H3,(H,23,26). The van der Waals surface area contributed by atoms with Crippen LogP contribution in [-0.4, -0.2) is 16.1 Å². The second-order valence-corrected chi connectivity index (χ2v) is 7.12. The highest BCUT2D eigenvalue weighted by molar-refractivity contribution is 7.18. The summed E-state index contributed by atoms with van der Waals surface area (Å²) in [5.74, 6) is -0.147. The molecule has 0 atom stereocenters. The molecule has 27 heavy (non-hydrogen) atoms. The van der Waals surface area contributed by atoms with Crippen molar-refractivity contribution in [3.8, 4) is 21.1 Å². The lowest BCUT2D eigenvalue weighted by Crippen LogP contribution is -2.12. The Labute approximate surface area is 161 Å². The van der Waals surface area contributed by atoms with Crippen LogP contribution >= 0.6 is 11.3 Å². The Balaban J connectivity index is 1.63. The number of nitrogens with zero attached hydrogens (tertiary/aromatic N) is 2. The minimum atomic E-state index is -0.147. The average Bonchev–Trinajstić information content (AvgIpc) is 3.19. The molecule has 4 aromatic rings. The molecule has 1 amide bonds. The average molecular weight is 371 g/mol. The maximum Gasteiger partial charge on any atom is 0.255 e. The van der Waals surface area contributed by atoms with Gasteiger partial charge in [0, 0.05) is 16.7 Å². The first-order valence-electron chi connectivity index (χ1n) is 8.57. The molecule has 0 unspecified atom stereocenters. The maximum atomic E-state index is 12.5. The van der Waals surface area contributed by atoms with Crippen LogP contribution in [0.25, 0.3) is 21.1 Å². The summed E-state index contributed by atoms with van der Waals surface area (Å²) in [5.41, 5.74) is 4.44. The Morgan fingerprint density at radius 2 is 1.48 bits per heavy atom. The lowest BCUT2D eigenvalue weighted by atomic mass is 10.1. The Morgan fingerprint density at radius 3 is 2.26 bits per heavy atom. The second-order valence-electron chi connectivity index (χ2n) is 6.14. The van der Waals surface area contributed by atoms with Crippen LogP contribution in [0.5, 0.6) is 0 Å². The van der Waals surface area contributed by atoms with Gasteiger partial charge in [0.15, 0.2) is 0 Å². The molecule has 0 fully saturated rings. The lowest BCUT2D eigenvalue weighted by molar-refractivity contribution is 0.102. The van der Waals surface area contributed by atoms with Crippen LogP contribution in [0, 0.1) is 6.92 Å². The number of benzene rings is 3. The van der Waals surface area contributed by atoms with Crippen LogP contribution in [0.2, 0.25) is 0 Å². The van der Waals surface area contributed by atoms with E-state index in [4.69, 9.17) is 0 Å². The zero-order valence-corrected chi connectivity index (χ0v) is 15.5. The molecule has 0 aliphatic carbocycles. The van der Waals surface area contributed by atoms with E-state index in [2.05, 4.69) is 34.6 Å². The quantitative estimate of drug-likeness (QED) is 0.520. The summed E-state index contributed by atoms with van der Waals surface area (Å²) in [6.45, 7) is 2.06. The number of hydrogen-bond donors (Lipinski definition) is 1. The fraction of sp³-hybridized carbons (Fsp3) is 0.0455. The summed E-state index contributed by atoms with van der Waals surface area (Å²) >= 11 is 1.51. The van der Waals surface area contributed by atoms with E-state index in [0.29, 0.717) is 5.56 Å². The van der Waals surface area contributed by atoms with Crippen LogP contribution in [-0.2, 0) is 0 Å². The van der Waals surface area contributed by atoms with Crippen molar-refractivity contribution in [2.24, 2.45) is 0 Å². The number of para-hydroxylation sites is 1. The summed E-state index contributed by atoms with van der Waals surface area (Å²) in [6, 6.07) is 25.0. The lowest BCUT2D eigenvalue weighted by Gasteiger charge is -2.09. The number of carbonyl (C=O) groups is 1. The molecular weight excluding hydrogens is 354 g/mol. The molecule has 0 saturated carbocycles. The van der Waals surface area contributed by atoms with Crippen LogP contribution in [0.15, 0.2) is 78.9 Å². The second kappa shape index (κ2) is 7.51. The van der Waals surface area contributed by atoms with Gasteiger partial charge in [-0.3, -0.25) is 4.79 Å². The Kier molecular flexibility index (Phi) is 4.77. The fourth-order valence-electron chi connectivity index (χ4n) is 2.71. The van der Waals surface area contributed by atoms with Crippen LogP contribution in [0.4, 0.5) is 5.69 Å². The molecule has 4 rings (SSSR count). The van der Waals surface area contributed by atoms with Gasteiger partial charge in [-0.15, -0.1) is 10.2 Å². The SMILES string of the molecule is Cc1ccc(-c2nnc(-c3ccccc3NC(=O)c3ccccc3)s2)cc1. The monoisotopic (exact) mass is 371 g/mol. The van der Waals surface area contributed by atoms with E-state index in [-0.39, 0.29) is 5.91 Å². The molecule has 5 heteroatoms. The molecule has 0 spiro atoms. The van der Waals surface area contributed by atoms with Crippen molar-refractivity contribution in [1.29, 1.82) is 0 Å². The molecule has 0 radical (unpaired) electrons. The van der Waals surface area contributed by atoms with E-state index in [1.165, 1.54) is 16.9 Å². The van der Waals surface area contributed by atoms with Crippen molar-refractivity contribution in [2.75, 3.05) is 5.32 Å². The molecule has 1 aromatic heterocycles. The molecule has 132 valence electrons. The number of aryl methyl sites for hydroxylation is 1. The summed E-state index contributed by atoms with van der Waals surface area (Å²) < 4.78 is 0. The van der Waals surface area contributed by atoms with Gasteiger partial charge in [0.1, 0.15) is 10.0 Å². The minimum Gasteiger partial charge on any atom is -0.321 e. The van der Waals surface area contributed by atoms with E-state index in [9.17, 15) is 4.79 Å². The van der Waals surface area contributed by atoms with E-state index in [0.717, 1.165) is 26.8 Å². The number of anilines is 1. The Morgan fingerprint density at radius 1 is 0.815 bits per heavy atom.